The molecule has 0 rings (SSSR count). The van der Waals surface area contributed by atoms with Crippen molar-refractivity contribution >= 4 is 5.91 Å². The molecule has 0 aromatic heterocycles. The van der Waals surface area contributed by atoms with Crippen molar-refractivity contribution in [3.63, 3.8) is 0 Å². The number of hydrogen-bond donors (Lipinski definition) is 3. The number of allylic oxidation sites excluding steroid dienone is 3. The average molecular weight is 536 g/mol. The highest BCUT2D eigenvalue weighted by Gasteiger charge is 2.17. The standard InChI is InChI=1S/C34H65NO3/c1-3-5-7-9-11-13-15-16-17-18-19-20-22-24-26-28-30-34(38)35-32(31-36)33(37)29-27-25-23-21-14-12-10-8-6-4-2/h17-18,27,29,32-33,36-37H,3-16,19-26,28,30-31H2,1-2H3,(H,35,38)/b18-17-,29-27+. The fourth-order valence-electron chi connectivity index (χ4n) is 4.82. The summed E-state index contributed by atoms with van der Waals surface area (Å²) in [6.07, 6.45) is 36.8. The summed E-state index contributed by atoms with van der Waals surface area (Å²) in [5, 5.41) is 22.7. The highest BCUT2D eigenvalue weighted by Crippen LogP contribution is 2.12. The van der Waals surface area contributed by atoms with Crippen LogP contribution in [-0.4, -0.2) is 34.9 Å². The molecule has 0 saturated carbocycles. The van der Waals surface area contributed by atoms with Crippen LogP contribution in [0.4, 0.5) is 0 Å². The highest BCUT2D eigenvalue weighted by atomic mass is 16.3. The van der Waals surface area contributed by atoms with Crippen molar-refractivity contribution in [2.45, 2.75) is 180 Å². The number of aliphatic hydroxyl groups is 2. The Labute approximate surface area is 237 Å². The van der Waals surface area contributed by atoms with Crippen LogP contribution in [-0.2, 0) is 4.79 Å². The first kappa shape index (κ1) is 36.9. The van der Waals surface area contributed by atoms with Gasteiger partial charge in [0.1, 0.15) is 0 Å². The van der Waals surface area contributed by atoms with Gasteiger partial charge in [0.2, 0.25) is 5.91 Å². The molecule has 3 N–H and O–H groups in total. The minimum Gasteiger partial charge on any atom is -0.394 e. The number of amides is 1. The van der Waals surface area contributed by atoms with Crippen molar-refractivity contribution in [1.29, 1.82) is 0 Å². The predicted molar refractivity (Wildman–Crippen MR) is 165 cm³/mol. The lowest BCUT2D eigenvalue weighted by molar-refractivity contribution is -0.123. The fraction of sp³-hybridized carbons (Fsp3) is 0.853. The third-order valence-corrected chi connectivity index (χ3v) is 7.43. The third kappa shape index (κ3) is 26.5. The largest absolute Gasteiger partial charge is 0.394 e. The van der Waals surface area contributed by atoms with E-state index in [0.717, 1.165) is 32.1 Å². The van der Waals surface area contributed by atoms with Crippen LogP contribution in [0.5, 0.6) is 0 Å². The molecule has 0 saturated heterocycles. The first-order chi connectivity index (χ1) is 18.7. The van der Waals surface area contributed by atoms with E-state index >= 15 is 0 Å². The monoisotopic (exact) mass is 535 g/mol. The Bertz CT molecular complexity index is 546. The van der Waals surface area contributed by atoms with Crippen molar-refractivity contribution in [3.05, 3.63) is 24.3 Å². The van der Waals surface area contributed by atoms with Crippen molar-refractivity contribution < 1.29 is 15.0 Å². The van der Waals surface area contributed by atoms with Crippen LogP contribution < -0.4 is 5.32 Å². The SMILES string of the molecule is CCCCCCCCC/C=C\CCCCCCCC(=O)NC(CO)C(O)/C=C/CCCCCCCCCC. The molecular formula is C34H65NO3. The van der Waals surface area contributed by atoms with Crippen molar-refractivity contribution in [3.8, 4) is 0 Å². The predicted octanol–water partition coefficient (Wildman–Crippen LogP) is 9.34. The lowest BCUT2D eigenvalue weighted by Crippen LogP contribution is -2.45. The Kier molecular flexibility index (Phi) is 29.5. The van der Waals surface area contributed by atoms with E-state index in [4.69, 9.17) is 0 Å². The Balaban J connectivity index is 3.65. The summed E-state index contributed by atoms with van der Waals surface area (Å²) in [7, 11) is 0. The van der Waals surface area contributed by atoms with Crippen LogP contribution >= 0.6 is 0 Å². The minimum absolute atomic E-state index is 0.0760. The minimum atomic E-state index is -0.836. The molecule has 0 aliphatic rings. The normalized spacial score (nSPS) is 13.5. The molecule has 1 amide bonds. The Morgan fingerprint density at radius 3 is 1.45 bits per heavy atom. The van der Waals surface area contributed by atoms with Gasteiger partial charge in [0.05, 0.1) is 18.8 Å². The molecule has 2 atom stereocenters. The second-order valence-electron chi connectivity index (χ2n) is 11.2. The number of aliphatic hydroxyl groups excluding tert-OH is 2. The first-order valence-electron chi connectivity index (χ1n) is 16.6. The van der Waals surface area contributed by atoms with E-state index in [2.05, 4.69) is 31.3 Å². The second kappa shape index (κ2) is 30.4. The maximum absolute atomic E-state index is 12.2. The Morgan fingerprint density at radius 1 is 0.605 bits per heavy atom. The summed E-state index contributed by atoms with van der Waals surface area (Å²) in [4.78, 5) is 12.2. The van der Waals surface area contributed by atoms with Crippen LogP contribution in [0.3, 0.4) is 0 Å². The zero-order chi connectivity index (χ0) is 27.9. The van der Waals surface area contributed by atoms with Crippen LogP contribution in [0, 0.1) is 0 Å². The quantitative estimate of drug-likeness (QED) is 0.0660. The Hall–Kier alpha value is -1.13. The van der Waals surface area contributed by atoms with E-state index in [1.165, 1.54) is 116 Å². The number of carbonyl (C=O) groups is 1. The van der Waals surface area contributed by atoms with Crippen LogP contribution in [0.1, 0.15) is 168 Å². The lowest BCUT2D eigenvalue weighted by atomic mass is 10.1. The average Bonchev–Trinajstić information content (AvgIpc) is 2.92. The molecule has 224 valence electrons. The van der Waals surface area contributed by atoms with Crippen LogP contribution in [0.25, 0.3) is 0 Å². The molecule has 38 heavy (non-hydrogen) atoms. The van der Waals surface area contributed by atoms with E-state index in [-0.39, 0.29) is 12.5 Å². The molecule has 0 radical (unpaired) electrons. The fourth-order valence-corrected chi connectivity index (χ4v) is 4.82. The summed E-state index contributed by atoms with van der Waals surface area (Å²) in [6, 6.07) is -0.620. The van der Waals surface area contributed by atoms with Gasteiger partial charge in [-0.25, -0.2) is 0 Å². The van der Waals surface area contributed by atoms with E-state index < -0.39 is 12.1 Å². The zero-order valence-electron chi connectivity index (χ0n) is 25.4. The highest BCUT2D eigenvalue weighted by molar-refractivity contribution is 5.76. The molecule has 4 heteroatoms. The molecule has 0 aromatic carbocycles. The molecule has 0 aliphatic heterocycles. The molecule has 0 aromatic rings. The van der Waals surface area contributed by atoms with Gasteiger partial charge in [-0.3, -0.25) is 4.79 Å². The van der Waals surface area contributed by atoms with Gasteiger partial charge in [0.15, 0.2) is 0 Å². The van der Waals surface area contributed by atoms with Gasteiger partial charge < -0.3 is 15.5 Å². The third-order valence-electron chi connectivity index (χ3n) is 7.43. The molecule has 4 nitrogen and oxygen atoms in total. The maximum atomic E-state index is 12.2. The van der Waals surface area contributed by atoms with Crippen LogP contribution in [0.2, 0.25) is 0 Å². The van der Waals surface area contributed by atoms with Gasteiger partial charge in [-0.1, -0.05) is 141 Å². The first-order valence-corrected chi connectivity index (χ1v) is 16.6. The maximum Gasteiger partial charge on any atom is 0.220 e. The van der Waals surface area contributed by atoms with Gasteiger partial charge >= 0.3 is 0 Å². The van der Waals surface area contributed by atoms with Gasteiger partial charge in [-0.15, -0.1) is 0 Å². The summed E-state index contributed by atoms with van der Waals surface area (Å²) < 4.78 is 0. The van der Waals surface area contributed by atoms with Crippen molar-refractivity contribution in [1.82, 2.24) is 5.32 Å². The van der Waals surface area contributed by atoms with Crippen molar-refractivity contribution in [2.75, 3.05) is 6.61 Å². The van der Waals surface area contributed by atoms with Gasteiger partial charge in [-0.2, -0.15) is 0 Å². The van der Waals surface area contributed by atoms with Gasteiger partial charge in [0.25, 0.3) is 0 Å². The molecule has 0 bridgehead atoms. The van der Waals surface area contributed by atoms with E-state index in [1.54, 1.807) is 6.08 Å². The molecule has 2 unspecified atom stereocenters. The molecule has 0 fully saturated rings. The number of rotatable bonds is 29. The summed E-state index contributed by atoms with van der Waals surface area (Å²) in [5.41, 5.74) is 0. The number of unbranched alkanes of at least 4 members (excludes halogenated alkanes) is 20. The molecule has 0 aliphatic carbocycles. The van der Waals surface area contributed by atoms with E-state index in [1.807, 2.05) is 6.08 Å². The van der Waals surface area contributed by atoms with Crippen molar-refractivity contribution in [2.24, 2.45) is 0 Å². The molecule has 0 spiro atoms. The van der Waals surface area contributed by atoms with E-state index in [9.17, 15) is 15.0 Å². The number of nitrogens with one attached hydrogen (secondary N) is 1. The van der Waals surface area contributed by atoms with Gasteiger partial charge in [-0.05, 0) is 44.9 Å². The number of hydrogen-bond acceptors (Lipinski definition) is 3. The molecular weight excluding hydrogens is 470 g/mol. The van der Waals surface area contributed by atoms with Crippen LogP contribution in [0.15, 0.2) is 24.3 Å². The topological polar surface area (TPSA) is 69.6 Å². The summed E-state index contributed by atoms with van der Waals surface area (Å²) in [5.74, 6) is -0.0760. The summed E-state index contributed by atoms with van der Waals surface area (Å²) in [6.45, 7) is 4.26. The Morgan fingerprint density at radius 2 is 1.00 bits per heavy atom. The smallest absolute Gasteiger partial charge is 0.220 e. The second-order valence-corrected chi connectivity index (χ2v) is 11.2. The molecule has 0 heterocycles. The number of carbonyl (C=O) groups excluding carboxylic acids is 1. The lowest BCUT2D eigenvalue weighted by Gasteiger charge is -2.20. The summed E-state index contributed by atoms with van der Waals surface area (Å²) >= 11 is 0. The zero-order valence-corrected chi connectivity index (χ0v) is 25.4. The van der Waals surface area contributed by atoms with Gasteiger partial charge in [0, 0.05) is 6.42 Å². The van der Waals surface area contributed by atoms with E-state index in [0.29, 0.717) is 6.42 Å².